The first-order valence-electron chi connectivity index (χ1n) is 8.13. The summed E-state index contributed by atoms with van der Waals surface area (Å²) in [4.78, 5) is 13.0. The van der Waals surface area contributed by atoms with Gasteiger partial charge in [0.15, 0.2) is 0 Å². The van der Waals surface area contributed by atoms with Gasteiger partial charge in [0.05, 0.1) is 18.3 Å². The molecule has 0 aliphatic heterocycles. The number of ketones is 1. The first kappa shape index (κ1) is 15.9. The highest BCUT2D eigenvalue weighted by molar-refractivity contribution is 6.15. The number of carbonyl (C=O) groups excluding carboxylic acids is 1. The number of phenolic OH excluding ortho intramolecular Hbond substituents is 1. The van der Waals surface area contributed by atoms with Crippen LogP contribution in [-0.2, 0) is 0 Å². The molecule has 5 heteroatoms. The Kier molecular flexibility index (Phi) is 3.89. The molecule has 0 atom stereocenters. The number of fused-ring (bicyclic) bond motifs is 1. The van der Waals surface area contributed by atoms with Gasteiger partial charge in [-0.1, -0.05) is 36.4 Å². The van der Waals surface area contributed by atoms with Gasteiger partial charge in [-0.3, -0.25) is 4.79 Å². The fourth-order valence-electron chi connectivity index (χ4n) is 2.96. The van der Waals surface area contributed by atoms with E-state index in [0.29, 0.717) is 17.0 Å². The van der Waals surface area contributed by atoms with Crippen LogP contribution in [0.4, 0.5) is 0 Å². The molecule has 0 aliphatic rings. The van der Waals surface area contributed by atoms with Crippen molar-refractivity contribution in [3.63, 3.8) is 0 Å². The van der Waals surface area contributed by atoms with Gasteiger partial charge in [-0.15, -0.1) is 0 Å². The highest BCUT2D eigenvalue weighted by Crippen LogP contribution is 2.26. The molecule has 4 aromatic rings. The highest BCUT2D eigenvalue weighted by atomic mass is 16.5. The van der Waals surface area contributed by atoms with Gasteiger partial charge in [0, 0.05) is 17.0 Å². The maximum atomic E-state index is 13.0. The summed E-state index contributed by atoms with van der Waals surface area (Å²) in [5.41, 5.74) is 2.36. The summed E-state index contributed by atoms with van der Waals surface area (Å²) in [6.45, 7) is 0. The Hall–Kier alpha value is -3.60. The van der Waals surface area contributed by atoms with Gasteiger partial charge in [0.1, 0.15) is 17.2 Å². The minimum atomic E-state index is -0.237. The molecule has 1 aromatic heterocycles. The number of benzene rings is 3. The van der Waals surface area contributed by atoms with Gasteiger partial charge in [-0.2, -0.15) is 5.10 Å². The van der Waals surface area contributed by atoms with Gasteiger partial charge >= 0.3 is 0 Å². The average Bonchev–Trinajstić information content (AvgIpc) is 3.07. The van der Waals surface area contributed by atoms with Crippen LogP contribution in [0.5, 0.6) is 11.5 Å². The van der Waals surface area contributed by atoms with E-state index < -0.39 is 0 Å². The second-order valence-corrected chi connectivity index (χ2v) is 5.86. The van der Waals surface area contributed by atoms with E-state index >= 15 is 0 Å². The van der Waals surface area contributed by atoms with Crippen LogP contribution < -0.4 is 4.74 Å². The summed E-state index contributed by atoms with van der Waals surface area (Å²) in [6.07, 6.45) is 0. The molecule has 0 amide bonds. The molecule has 0 spiro atoms. The van der Waals surface area contributed by atoms with Crippen molar-refractivity contribution < 1.29 is 14.6 Å². The molecule has 0 fully saturated rings. The number of hydrogen-bond acceptors (Lipinski definition) is 4. The molecule has 0 unspecified atom stereocenters. The summed E-state index contributed by atoms with van der Waals surface area (Å²) < 4.78 is 7.02. The first-order valence-corrected chi connectivity index (χ1v) is 8.13. The highest BCUT2D eigenvalue weighted by Gasteiger charge is 2.19. The van der Waals surface area contributed by atoms with Crippen molar-refractivity contribution in [3.05, 3.63) is 84.1 Å². The van der Waals surface area contributed by atoms with Crippen molar-refractivity contribution in [2.24, 2.45) is 0 Å². The molecule has 4 rings (SSSR count). The Bertz CT molecular complexity index is 1120. The quantitative estimate of drug-likeness (QED) is 0.569. The molecule has 0 saturated heterocycles. The van der Waals surface area contributed by atoms with Crippen LogP contribution in [0.3, 0.4) is 0 Å². The summed E-state index contributed by atoms with van der Waals surface area (Å²) in [6, 6.07) is 21.4. The van der Waals surface area contributed by atoms with Gasteiger partial charge in [-0.25, -0.2) is 4.68 Å². The van der Waals surface area contributed by atoms with E-state index in [2.05, 4.69) is 5.10 Å². The van der Waals surface area contributed by atoms with Crippen LogP contribution in [-0.4, -0.2) is 27.8 Å². The lowest BCUT2D eigenvalue weighted by Crippen LogP contribution is -2.04. The zero-order valence-corrected chi connectivity index (χ0v) is 14.1. The lowest BCUT2D eigenvalue weighted by molar-refractivity contribution is 0.103. The Morgan fingerprint density at radius 2 is 1.81 bits per heavy atom. The van der Waals surface area contributed by atoms with Crippen LogP contribution in [0, 0.1) is 0 Å². The Labute approximate surface area is 150 Å². The average molecular weight is 344 g/mol. The van der Waals surface area contributed by atoms with Crippen molar-refractivity contribution in [3.8, 4) is 17.2 Å². The van der Waals surface area contributed by atoms with Crippen molar-refractivity contribution in [2.45, 2.75) is 0 Å². The normalized spacial score (nSPS) is 10.8. The fraction of sp³-hybridized carbons (Fsp3) is 0.0476. The lowest BCUT2D eigenvalue weighted by Gasteiger charge is -2.05. The minimum absolute atomic E-state index is 0.0485. The minimum Gasteiger partial charge on any atom is -0.508 e. The molecule has 26 heavy (non-hydrogen) atoms. The van der Waals surface area contributed by atoms with Crippen LogP contribution in [0.25, 0.3) is 16.6 Å². The Morgan fingerprint density at radius 3 is 2.62 bits per heavy atom. The van der Waals surface area contributed by atoms with E-state index in [0.717, 1.165) is 16.6 Å². The van der Waals surface area contributed by atoms with Crippen LogP contribution in [0.15, 0.2) is 72.8 Å². The predicted molar refractivity (Wildman–Crippen MR) is 99.2 cm³/mol. The van der Waals surface area contributed by atoms with Gasteiger partial charge < -0.3 is 9.84 Å². The van der Waals surface area contributed by atoms with Crippen molar-refractivity contribution in [2.75, 3.05) is 7.11 Å². The van der Waals surface area contributed by atoms with E-state index in [1.165, 1.54) is 12.1 Å². The number of methoxy groups -OCH3 is 1. The van der Waals surface area contributed by atoms with Crippen LogP contribution in [0.1, 0.15) is 16.1 Å². The topological polar surface area (TPSA) is 64.4 Å². The van der Waals surface area contributed by atoms with Crippen LogP contribution in [0.2, 0.25) is 0 Å². The van der Waals surface area contributed by atoms with E-state index in [-0.39, 0.29) is 11.5 Å². The molecule has 0 bridgehead atoms. The third-order valence-electron chi connectivity index (χ3n) is 4.21. The number of phenols is 1. The third-order valence-corrected chi connectivity index (χ3v) is 4.21. The smallest absolute Gasteiger partial charge is 0.214 e. The molecule has 128 valence electrons. The molecule has 0 radical (unpaired) electrons. The van der Waals surface area contributed by atoms with Gasteiger partial charge in [0.25, 0.3) is 0 Å². The number of nitrogens with zero attached hydrogens (tertiary/aromatic N) is 2. The standard InChI is InChI=1S/C21H16N2O3/c1-26-17-9-5-7-15(13-17)23-19-11-3-2-10-18(19)20(22-23)21(25)14-6-4-8-16(24)12-14/h2-13,24H,1H3. The zero-order chi connectivity index (χ0) is 18.1. The fourth-order valence-corrected chi connectivity index (χ4v) is 2.96. The number of ether oxygens (including phenoxy) is 1. The molecular weight excluding hydrogens is 328 g/mol. The second kappa shape index (κ2) is 6.37. The Balaban J connectivity index is 1.90. The summed E-state index contributed by atoms with van der Waals surface area (Å²) >= 11 is 0. The number of aromatic hydroxyl groups is 1. The molecule has 1 N–H and O–H groups in total. The number of para-hydroxylation sites is 1. The van der Waals surface area contributed by atoms with E-state index in [1.54, 1.807) is 23.9 Å². The van der Waals surface area contributed by atoms with E-state index in [1.807, 2.05) is 48.5 Å². The van der Waals surface area contributed by atoms with Crippen LogP contribution >= 0.6 is 0 Å². The third kappa shape index (κ3) is 2.69. The molecule has 0 aliphatic carbocycles. The van der Waals surface area contributed by atoms with E-state index in [9.17, 15) is 9.90 Å². The summed E-state index contributed by atoms with van der Waals surface area (Å²) in [7, 11) is 1.61. The van der Waals surface area contributed by atoms with Gasteiger partial charge in [0.2, 0.25) is 5.78 Å². The van der Waals surface area contributed by atoms with Crippen molar-refractivity contribution >= 4 is 16.7 Å². The second-order valence-electron chi connectivity index (χ2n) is 5.86. The zero-order valence-electron chi connectivity index (χ0n) is 14.1. The molecule has 0 saturated carbocycles. The molecule has 5 nitrogen and oxygen atoms in total. The summed E-state index contributed by atoms with van der Waals surface area (Å²) in [5.74, 6) is 0.522. The first-order chi connectivity index (χ1) is 12.7. The lowest BCUT2D eigenvalue weighted by atomic mass is 10.1. The number of carbonyl (C=O) groups is 1. The predicted octanol–water partition coefficient (Wildman–Crippen LogP) is 3.97. The molecule has 1 heterocycles. The number of rotatable bonds is 4. The molecular formula is C21H16N2O3. The van der Waals surface area contributed by atoms with Crippen molar-refractivity contribution in [1.82, 2.24) is 9.78 Å². The largest absolute Gasteiger partial charge is 0.508 e. The number of hydrogen-bond donors (Lipinski definition) is 1. The number of aromatic nitrogens is 2. The summed E-state index contributed by atoms with van der Waals surface area (Å²) in [5, 5.41) is 15.0. The maximum absolute atomic E-state index is 13.0. The van der Waals surface area contributed by atoms with Gasteiger partial charge in [-0.05, 0) is 30.3 Å². The van der Waals surface area contributed by atoms with Crippen molar-refractivity contribution in [1.29, 1.82) is 0 Å². The molecule has 3 aromatic carbocycles. The Morgan fingerprint density at radius 1 is 1.00 bits per heavy atom. The van der Waals surface area contributed by atoms with E-state index in [4.69, 9.17) is 4.74 Å². The maximum Gasteiger partial charge on any atom is 0.214 e. The monoisotopic (exact) mass is 344 g/mol. The SMILES string of the molecule is COc1cccc(-n2nc(C(=O)c3cccc(O)c3)c3ccccc32)c1.